The molecule has 1 aromatic heterocycles. The molecule has 1 aliphatic carbocycles. The summed E-state index contributed by atoms with van der Waals surface area (Å²) in [4.78, 5) is 4.63. The second-order valence-electron chi connectivity index (χ2n) is 5.00. The molecule has 0 saturated heterocycles. The fraction of sp³-hybridized carbons (Fsp3) is 0.267. The Labute approximate surface area is 121 Å². The average molecular weight is 292 g/mol. The highest BCUT2D eigenvalue weighted by molar-refractivity contribution is 6.33. The zero-order valence-corrected chi connectivity index (χ0v) is 11.7. The van der Waals surface area contributed by atoms with Crippen molar-refractivity contribution in [3.8, 4) is 11.3 Å². The molecule has 2 aromatic rings. The van der Waals surface area contributed by atoms with E-state index in [9.17, 15) is 4.39 Å². The highest BCUT2D eigenvalue weighted by atomic mass is 35.5. The van der Waals surface area contributed by atoms with Crippen molar-refractivity contribution in [1.29, 1.82) is 0 Å². The molecule has 3 rings (SSSR count). The molecule has 0 aliphatic heterocycles. The van der Waals surface area contributed by atoms with Crippen molar-refractivity contribution in [3.05, 3.63) is 47.5 Å². The highest BCUT2D eigenvalue weighted by Gasteiger charge is 2.31. The molecular weight excluding hydrogens is 277 g/mol. The Morgan fingerprint density at radius 3 is 2.85 bits per heavy atom. The molecule has 2 N–H and O–H groups in total. The van der Waals surface area contributed by atoms with E-state index in [4.69, 9.17) is 17.3 Å². The lowest BCUT2D eigenvalue weighted by atomic mass is 10.1. The first-order valence-electron chi connectivity index (χ1n) is 6.54. The lowest BCUT2D eigenvalue weighted by Crippen LogP contribution is -2.05. The van der Waals surface area contributed by atoms with Crippen molar-refractivity contribution in [1.82, 2.24) is 9.55 Å². The highest BCUT2D eigenvalue weighted by Crippen LogP contribution is 2.43. The van der Waals surface area contributed by atoms with Gasteiger partial charge >= 0.3 is 0 Å². The minimum Gasteiger partial charge on any atom is -0.383 e. The summed E-state index contributed by atoms with van der Waals surface area (Å²) in [5, 5.41) is 0.322. The summed E-state index contributed by atoms with van der Waals surface area (Å²) in [6.07, 6.45) is 4.05. The van der Waals surface area contributed by atoms with Crippen LogP contribution in [-0.4, -0.2) is 9.55 Å². The average Bonchev–Trinajstić information content (AvgIpc) is 3.19. The molecule has 0 atom stereocenters. The first kappa shape index (κ1) is 13.2. The number of anilines is 1. The Morgan fingerprint density at radius 2 is 2.25 bits per heavy atom. The number of benzene rings is 1. The van der Waals surface area contributed by atoms with Gasteiger partial charge in [0, 0.05) is 18.0 Å². The minimum atomic E-state index is -0.370. The SMILES string of the molecule is C=CCn1c(C2CC2)nc(-c2ccc(F)cc2Cl)c1N. The van der Waals surface area contributed by atoms with Crippen LogP contribution < -0.4 is 5.73 Å². The fourth-order valence-corrected chi connectivity index (χ4v) is 2.59. The van der Waals surface area contributed by atoms with Crippen molar-refractivity contribution in [3.63, 3.8) is 0 Å². The number of halogens is 2. The lowest BCUT2D eigenvalue weighted by Gasteiger charge is -2.06. The van der Waals surface area contributed by atoms with E-state index in [-0.39, 0.29) is 5.82 Å². The predicted molar refractivity (Wildman–Crippen MR) is 79.2 cm³/mol. The summed E-state index contributed by atoms with van der Waals surface area (Å²) < 4.78 is 15.1. The fourth-order valence-electron chi connectivity index (χ4n) is 2.34. The zero-order valence-electron chi connectivity index (χ0n) is 10.9. The third-order valence-corrected chi connectivity index (χ3v) is 3.79. The summed E-state index contributed by atoms with van der Waals surface area (Å²) in [7, 11) is 0. The van der Waals surface area contributed by atoms with Crippen LogP contribution in [0.3, 0.4) is 0 Å². The van der Waals surface area contributed by atoms with Gasteiger partial charge in [-0.15, -0.1) is 6.58 Å². The molecular formula is C15H15ClFN3. The van der Waals surface area contributed by atoms with Gasteiger partial charge in [0.1, 0.15) is 23.2 Å². The predicted octanol–water partition coefficient (Wildman–Crippen LogP) is 3.99. The summed E-state index contributed by atoms with van der Waals surface area (Å²) in [6.45, 7) is 4.36. The monoisotopic (exact) mass is 291 g/mol. The largest absolute Gasteiger partial charge is 0.383 e. The van der Waals surface area contributed by atoms with Gasteiger partial charge in [-0.05, 0) is 31.0 Å². The van der Waals surface area contributed by atoms with Crippen LogP contribution in [0.1, 0.15) is 24.6 Å². The molecule has 0 radical (unpaired) electrons. The second-order valence-corrected chi connectivity index (χ2v) is 5.41. The van der Waals surface area contributed by atoms with Crippen LogP contribution in [0, 0.1) is 5.82 Å². The van der Waals surface area contributed by atoms with Gasteiger partial charge in [-0.25, -0.2) is 9.37 Å². The smallest absolute Gasteiger partial charge is 0.132 e. The van der Waals surface area contributed by atoms with Gasteiger partial charge < -0.3 is 10.3 Å². The topological polar surface area (TPSA) is 43.8 Å². The third-order valence-electron chi connectivity index (χ3n) is 3.48. The molecule has 0 spiro atoms. The van der Waals surface area contributed by atoms with Crippen LogP contribution in [0.2, 0.25) is 5.02 Å². The number of nitrogens with zero attached hydrogens (tertiary/aromatic N) is 2. The quantitative estimate of drug-likeness (QED) is 0.866. The molecule has 104 valence electrons. The molecule has 3 nitrogen and oxygen atoms in total. The Balaban J connectivity index is 2.13. The first-order valence-corrected chi connectivity index (χ1v) is 6.91. The van der Waals surface area contributed by atoms with Gasteiger partial charge in [0.25, 0.3) is 0 Å². The molecule has 1 fully saturated rings. The Kier molecular flexibility index (Phi) is 3.26. The number of nitrogens with two attached hydrogens (primary N) is 1. The first-order chi connectivity index (χ1) is 9.61. The Bertz CT molecular complexity index is 674. The van der Waals surface area contributed by atoms with Gasteiger partial charge in [-0.3, -0.25) is 0 Å². The minimum absolute atomic E-state index is 0.322. The van der Waals surface area contributed by atoms with Crippen LogP contribution >= 0.6 is 11.6 Å². The van der Waals surface area contributed by atoms with Crippen LogP contribution in [0.5, 0.6) is 0 Å². The number of imidazole rings is 1. The van der Waals surface area contributed by atoms with E-state index >= 15 is 0 Å². The van der Waals surface area contributed by atoms with E-state index in [1.807, 2.05) is 4.57 Å². The number of hydrogen-bond donors (Lipinski definition) is 1. The number of rotatable bonds is 4. The molecule has 0 amide bonds. The maximum atomic E-state index is 13.2. The maximum absolute atomic E-state index is 13.2. The standard InChI is InChI=1S/C15H15ClFN3/c1-2-7-20-14(18)13(19-15(20)9-3-4-9)11-6-5-10(17)8-12(11)16/h2,5-6,8-9H,1,3-4,7,18H2. The van der Waals surface area contributed by atoms with Gasteiger partial charge in [0.05, 0.1) is 5.02 Å². The summed E-state index contributed by atoms with van der Waals surface area (Å²) >= 11 is 6.10. The molecule has 0 bridgehead atoms. The van der Waals surface area contributed by atoms with Crippen molar-refractivity contribution in [2.24, 2.45) is 0 Å². The van der Waals surface area contributed by atoms with Crippen molar-refractivity contribution in [2.75, 3.05) is 5.73 Å². The van der Waals surface area contributed by atoms with Crippen LogP contribution in [-0.2, 0) is 6.54 Å². The van der Waals surface area contributed by atoms with Crippen LogP contribution in [0.15, 0.2) is 30.9 Å². The maximum Gasteiger partial charge on any atom is 0.132 e. The van der Waals surface area contributed by atoms with E-state index < -0.39 is 0 Å². The van der Waals surface area contributed by atoms with Crippen LogP contribution in [0.25, 0.3) is 11.3 Å². The number of allylic oxidation sites excluding steroid dienone is 1. The number of hydrogen-bond acceptors (Lipinski definition) is 2. The van der Waals surface area contributed by atoms with Gasteiger partial charge in [-0.2, -0.15) is 0 Å². The van der Waals surface area contributed by atoms with Crippen molar-refractivity contribution < 1.29 is 4.39 Å². The van der Waals surface area contributed by atoms with E-state index in [2.05, 4.69) is 11.6 Å². The Hall–Kier alpha value is -1.81. The van der Waals surface area contributed by atoms with E-state index in [1.54, 1.807) is 12.1 Å². The van der Waals surface area contributed by atoms with E-state index in [0.717, 1.165) is 18.7 Å². The van der Waals surface area contributed by atoms with Crippen LogP contribution in [0.4, 0.5) is 10.2 Å². The molecule has 5 heteroatoms. The molecule has 0 unspecified atom stereocenters. The van der Waals surface area contributed by atoms with Gasteiger partial charge in [-0.1, -0.05) is 17.7 Å². The second kappa shape index (κ2) is 4.94. The lowest BCUT2D eigenvalue weighted by molar-refractivity contribution is 0.628. The van der Waals surface area contributed by atoms with Gasteiger partial charge in [0.2, 0.25) is 0 Å². The van der Waals surface area contributed by atoms with E-state index in [1.165, 1.54) is 12.1 Å². The number of aromatic nitrogens is 2. The molecule has 1 aromatic carbocycles. The van der Waals surface area contributed by atoms with Crippen molar-refractivity contribution in [2.45, 2.75) is 25.3 Å². The van der Waals surface area contributed by atoms with Gasteiger partial charge in [0.15, 0.2) is 0 Å². The summed E-state index contributed by atoms with van der Waals surface area (Å²) in [5.74, 6) is 1.62. The molecule has 1 heterocycles. The van der Waals surface area contributed by atoms with E-state index in [0.29, 0.717) is 34.6 Å². The normalized spacial score (nSPS) is 14.5. The van der Waals surface area contributed by atoms with Crippen molar-refractivity contribution >= 4 is 17.4 Å². The zero-order chi connectivity index (χ0) is 14.3. The molecule has 1 saturated carbocycles. The Morgan fingerprint density at radius 1 is 1.50 bits per heavy atom. The molecule has 20 heavy (non-hydrogen) atoms. The summed E-state index contributed by atoms with van der Waals surface area (Å²) in [6, 6.07) is 4.26. The summed E-state index contributed by atoms with van der Waals surface area (Å²) in [5.41, 5.74) is 7.48. The molecule has 1 aliphatic rings. The third kappa shape index (κ3) is 2.20. The number of nitrogen functional groups attached to an aromatic ring is 1.